The van der Waals surface area contributed by atoms with Gasteiger partial charge in [-0.1, -0.05) is 24.3 Å². The highest BCUT2D eigenvalue weighted by atomic mass is 16.5. The normalized spacial score (nSPS) is 10.1. The van der Waals surface area contributed by atoms with E-state index in [0.29, 0.717) is 12.2 Å². The molecular formula is C19H19NO6. The van der Waals surface area contributed by atoms with Crippen LogP contribution in [0.2, 0.25) is 0 Å². The van der Waals surface area contributed by atoms with Gasteiger partial charge in [-0.15, -0.1) is 0 Å². The van der Waals surface area contributed by atoms with Gasteiger partial charge in [-0.05, 0) is 29.8 Å². The Bertz CT molecular complexity index is 802. The van der Waals surface area contributed by atoms with Crippen LogP contribution in [0.1, 0.15) is 26.3 Å². The van der Waals surface area contributed by atoms with Gasteiger partial charge in [0.2, 0.25) is 0 Å². The molecule has 0 aliphatic carbocycles. The molecule has 0 heterocycles. The van der Waals surface area contributed by atoms with Gasteiger partial charge in [0, 0.05) is 7.11 Å². The number of benzene rings is 2. The van der Waals surface area contributed by atoms with Crippen LogP contribution in [0.5, 0.6) is 0 Å². The van der Waals surface area contributed by atoms with Crippen LogP contribution >= 0.6 is 0 Å². The van der Waals surface area contributed by atoms with Crippen LogP contribution < -0.4 is 5.32 Å². The number of para-hydroxylation sites is 1. The highest BCUT2D eigenvalue weighted by molar-refractivity contribution is 6.02. The summed E-state index contributed by atoms with van der Waals surface area (Å²) in [4.78, 5) is 35.8. The van der Waals surface area contributed by atoms with E-state index in [1.165, 1.54) is 13.2 Å². The number of ether oxygens (including phenoxy) is 3. The molecule has 1 amide bonds. The summed E-state index contributed by atoms with van der Waals surface area (Å²) < 4.78 is 14.7. The minimum Gasteiger partial charge on any atom is -0.465 e. The van der Waals surface area contributed by atoms with E-state index in [2.05, 4.69) is 10.1 Å². The highest BCUT2D eigenvalue weighted by Gasteiger charge is 2.15. The largest absolute Gasteiger partial charge is 0.465 e. The molecule has 0 aliphatic heterocycles. The number of nitrogens with one attached hydrogen (secondary N) is 1. The van der Waals surface area contributed by atoms with E-state index in [-0.39, 0.29) is 11.3 Å². The zero-order valence-corrected chi connectivity index (χ0v) is 14.5. The topological polar surface area (TPSA) is 90.9 Å². The summed E-state index contributed by atoms with van der Waals surface area (Å²) in [6.07, 6.45) is 0. The quantitative estimate of drug-likeness (QED) is 0.765. The Morgan fingerprint density at radius 2 is 1.73 bits per heavy atom. The van der Waals surface area contributed by atoms with Crippen molar-refractivity contribution in [1.29, 1.82) is 0 Å². The third-order valence-corrected chi connectivity index (χ3v) is 3.41. The monoisotopic (exact) mass is 357 g/mol. The Balaban J connectivity index is 1.96. The molecule has 2 rings (SSSR count). The van der Waals surface area contributed by atoms with Crippen LogP contribution in [-0.2, 0) is 25.6 Å². The zero-order chi connectivity index (χ0) is 18.9. The molecule has 26 heavy (non-hydrogen) atoms. The molecule has 136 valence electrons. The van der Waals surface area contributed by atoms with Gasteiger partial charge in [0.05, 0.1) is 30.5 Å². The van der Waals surface area contributed by atoms with Crippen LogP contribution in [0.25, 0.3) is 0 Å². The van der Waals surface area contributed by atoms with E-state index < -0.39 is 24.5 Å². The first kappa shape index (κ1) is 19.1. The number of carbonyl (C=O) groups excluding carboxylic acids is 3. The summed E-state index contributed by atoms with van der Waals surface area (Å²) in [5, 5.41) is 2.53. The van der Waals surface area contributed by atoms with E-state index >= 15 is 0 Å². The van der Waals surface area contributed by atoms with Gasteiger partial charge in [-0.3, -0.25) is 4.79 Å². The SMILES string of the molecule is COCc1cccc(C(=O)OCC(=O)Nc2ccccc2C(=O)OC)c1. The molecule has 0 fully saturated rings. The Morgan fingerprint density at radius 1 is 0.962 bits per heavy atom. The smallest absolute Gasteiger partial charge is 0.339 e. The molecule has 0 aliphatic rings. The van der Waals surface area contributed by atoms with Crippen LogP contribution in [0.15, 0.2) is 48.5 Å². The Kier molecular flexibility index (Phi) is 6.87. The summed E-state index contributed by atoms with van der Waals surface area (Å²) in [6, 6.07) is 13.1. The van der Waals surface area contributed by atoms with Crippen molar-refractivity contribution in [3.05, 3.63) is 65.2 Å². The fourth-order valence-corrected chi connectivity index (χ4v) is 2.24. The maximum absolute atomic E-state index is 12.1. The first-order valence-corrected chi connectivity index (χ1v) is 7.77. The van der Waals surface area contributed by atoms with E-state index in [9.17, 15) is 14.4 Å². The van der Waals surface area contributed by atoms with Crippen LogP contribution in [0, 0.1) is 0 Å². The average molecular weight is 357 g/mol. The van der Waals surface area contributed by atoms with Crippen molar-refractivity contribution >= 4 is 23.5 Å². The summed E-state index contributed by atoms with van der Waals surface area (Å²) >= 11 is 0. The lowest BCUT2D eigenvalue weighted by Crippen LogP contribution is -2.22. The molecule has 7 heteroatoms. The lowest BCUT2D eigenvalue weighted by molar-refractivity contribution is -0.119. The van der Waals surface area contributed by atoms with E-state index in [0.717, 1.165) is 5.56 Å². The van der Waals surface area contributed by atoms with Crippen molar-refractivity contribution in [2.45, 2.75) is 6.61 Å². The van der Waals surface area contributed by atoms with Gasteiger partial charge in [-0.2, -0.15) is 0 Å². The van der Waals surface area contributed by atoms with Crippen molar-refractivity contribution in [1.82, 2.24) is 0 Å². The molecule has 7 nitrogen and oxygen atoms in total. The van der Waals surface area contributed by atoms with Crippen molar-refractivity contribution in [3.8, 4) is 0 Å². The predicted molar refractivity (Wildman–Crippen MR) is 93.8 cm³/mol. The lowest BCUT2D eigenvalue weighted by Gasteiger charge is -2.10. The van der Waals surface area contributed by atoms with Gasteiger partial charge in [0.15, 0.2) is 6.61 Å². The van der Waals surface area contributed by atoms with Crippen molar-refractivity contribution in [3.63, 3.8) is 0 Å². The molecule has 0 radical (unpaired) electrons. The molecule has 0 unspecified atom stereocenters. The van der Waals surface area contributed by atoms with Gasteiger partial charge >= 0.3 is 11.9 Å². The standard InChI is InChI=1S/C19H19NO6/c1-24-11-13-6-5-7-14(10-13)18(22)26-12-17(21)20-16-9-4-3-8-15(16)19(23)25-2/h3-10H,11-12H2,1-2H3,(H,20,21). The highest BCUT2D eigenvalue weighted by Crippen LogP contribution is 2.16. The molecule has 2 aromatic rings. The van der Waals surface area contributed by atoms with E-state index in [4.69, 9.17) is 9.47 Å². The number of hydrogen-bond donors (Lipinski definition) is 1. The van der Waals surface area contributed by atoms with Gasteiger partial charge in [0.25, 0.3) is 5.91 Å². The zero-order valence-electron chi connectivity index (χ0n) is 14.5. The van der Waals surface area contributed by atoms with Crippen LogP contribution in [0.3, 0.4) is 0 Å². The molecule has 0 aromatic heterocycles. The third-order valence-electron chi connectivity index (χ3n) is 3.41. The molecule has 2 aromatic carbocycles. The lowest BCUT2D eigenvalue weighted by atomic mass is 10.1. The van der Waals surface area contributed by atoms with Gasteiger partial charge in [-0.25, -0.2) is 9.59 Å². The van der Waals surface area contributed by atoms with E-state index in [1.54, 1.807) is 43.5 Å². The molecule has 0 saturated carbocycles. The first-order valence-electron chi connectivity index (χ1n) is 7.77. The van der Waals surface area contributed by atoms with Gasteiger partial charge < -0.3 is 19.5 Å². The fourth-order valence-electron chi connectivity index (χ4n) is 2.24. The van der Waals surface area contributed by atoms with Crippen LogP contribution in [-0.4, -0.2) is 38.7 Å². The minimum atomic E-state index is -0.626. The van der Waals surface area contributed by atoms with Crippen molar-refractivity contribution in [2.75, 3.05) is 26.1 Å². The van der Waals surface area contributed by atoms with Gasteiger partial charge in [0.1, 0.15) is 0 Å². The Labute approximate surface area is 150 Å². The minimum absolute atomic E-state index is 0.210. The number of methoxy groups -OCH3 is 2. The summed E-state index contributed by atoms with van der Waals surface area (Å²) in [7, 11) is 2.81. The maximum atomic E-state index is 12.1. The Morgan fingerprint density at radius 3 is 2.46 bits per heavy atom. The maximum Gasteiger partial charge on any atom is 0.339 e. The number of rotatable bonds is 7. The second-order valence-corrected chi connectivity index (χ2v) is 5.29. The number of carbonyl (C=O) groups is 3. The van der Waals surface area contributed by atoms with E-state index in [1.807, 2.05) is 6.07 Å². The molecule has 0 spiro atoms. The number of esters is 2. The average Bonchev–Trinajstić information content (AvgIpc) is 2.66. The van der Waals surface area contributed by atoms with Crippen molar-refractivity contribution < 1.29 is 28.6 Å². The summed E-state index contributed by atoms with van der Waals surface area (Å²) in [5.41, 5.74) is 1.63. The number of hydrogen-bond acceptors (Lipinski definition) is 6. The van der Waals surface area contributed by atoms with Crippen LogP contribution in [0.4, 0.5) is 5.69 Å². The third kappa shape index (κ3) is 5.15. The fraction of sp³-hybridized carbons (Fsp3) is 0.211. The molecule has 1 N–H and O–H groups in total. The molecule has 0 bridgehead atoms. The molecule has 0 atom stereocenters. The number of anilines is 1. The predicted octanol–water partition coefficient (Wildman–Crippen LogP) is 2.42. The summed E-state index contributed by atoms with van der Waals surface area (Å²) in [5.74, 6) is -1.77. The molecule has 0 saturated heterocycles. The first-order chi connectivity index (χ1) is 12.5. The van der Waals surface area contributed by atoms with Crippen molar-refractivity contribution in [2.24, 2.45) is 0 Å². The summed E-state index contributed by atoms with van der Waals surface area (Å²) in [6.45, 7) is -0.116. The Hall–Kier alpha value is -3.19. The number of amides is 1. The second-order valence-electron chi connectivity index (χ2n) is 5.29. The molecular weight excluding hydrogens is 338 g/mol. The second kappa shape index (κ2) is 9.33.